The minimum atomic E-state index is -0.857. The molecule has 5 N–H and O–H groups in total. The molecule has 0 spiro atoms. The molecule has 0 aliphatic carbocycles. The third-order valence-electron chi connectivity index (χ3n) is 2.29. The first kappa shape index (κ1) is 11.9. The molecule has 0 saturated carbocycles. The summed E-state index contributed by atoms with van der Waals surface area (Å²) < 4.78 is 5.32. The SMILES string of the molecule is NC(=O)CC(N)C(=O)NCC1CCCO1. The average molecular weight is 215 g/mol. The number of ether oxygens (including phenoxy) is 1. The van der Waals surface area contributed by atoms with E-state index in [-0.39, 0.29) is 18.4 Å². The number of amides is 2. The molecule has 0 radical (unpaired) electrons. The van der Waals surface area contributed by atoms with Gasteiger partial charge in [-0.1, -0.05) is 0 Å². The zero-order valence-electron chi connectivity index (χ0n) is 8.57. The molecular formula is C9H17N3O3. The lowest BCUT2D eigenvalue weighted by Gasteiger charge is -2.13. The number of rotatable bonds is 5. The van der Waals surface area contributed by atoms with Crippen LogP contribution in [0, 0.1) is 0 Å². The molecule has 1 rings (SSSR count). The molecular weight excluding hydrogens is 198 g/mol. The molecule has 15 heavy (non-hydrogen) atoms. The van der Waals surface area contributed by atoms with Crippen LogP contribution >= 0.6 is 0 Å². The number of carbonyl (C=O) groups is 2. The smallest absolute Gasteiger partial charge is 0.237 e. The average Bonchev–Trinajstić information content (AvgIpc) is 2.65. The summed E-state index contributed by atoms with van der Waals surface area (Å²) in [6.45, 7) is 1.19. The van der Waals surface area contributed by atoms with Gasteiger partial charge >= 0.3 is 0 Å². The van der Waals surface area contributed by atoms with Gasteiger partial charge in [0.2, 0.25) is 11.8 Å². The second-order valence-corrected chi connectivity index (χ2v) is 3.66. The highest BCUT2D eigenvalue weighted by atomic mass is 16.5. The van der Waals surface area contributed by atoms with Gasteiger partial charge in [0.15, 0.2) is 0 Å². The van der Waals surface area contributed by atoms with Crippen molar-refractivity contribution in [1.82, 2.24) is 5.32 Å². The third-order valence-corrected chi connectivity index (χ3v) is 2.29. The normalized spacial score (nSPS) is 22.3. The highest BCUT2D eigenvalue weighted by Crippen LogP contribution is 2.10. The quantitative estimate of drug-likeness (QED) is 0.518. The van der Waals surface area contributed by atoms with Crippen molar-refractivity contribution in [3.8, 4) is 0 Å². The summed E-state index contributed by atoms with van der Waals surface area (Å²) in [6.07, 6.45) is 1.92. The van der Waals surface area contributed by atoms with Crippen LogP contribution in [0.1, 0.15) is 19.3 Å². The van der Waals surface area contributed by atoms with Crippen LogP contribution in [-0.4, -0.2) is 37.1 Å². The summed E-state index contributed by atoms with van der Waals surface area (Å²) in [5.41, 5.74) is 10.4. The number of hydrogen-bond donors (Lipinski definition) is 3. The van der Waals surface area contributed by atoms with E-state index in [1.807, 2.05) is 0 Å². The van der Waals surface area contributed by atoms with E-state index >= 15 is 0 Å². The first-order valence-electron chi connectivity index (χ1n) is 5.03. The molecule has 1 saturated heterocycles. The Bertz CT molecular complexity index is 239. The Morgan fingerprint density at radius 1 is 1.53 bits per heavy atom. The van der Waals surface area contributed by atoms with Crippen LogP contribution < -0.4 is 16.8 Å². The van der Waals surface area contributed by atoms with Gasteiger partial charge in [0.1, 0.15) is 0 Å². The van der Waals surface area contributed by atoms with Crippen LogP contribution in [-0.2, 0) is 14.3 Å². The lowest BCUT2D eigenvalue weighted by Crippen LogP contribution is -2.45. The van der Waals surface area contributed by atoms with Crippen molar-refractivity contribution >= 4 is 11.8 Å². The lowest BCUT2D eigenvalue weighted by atomic mass is 10.2. The second-order valence-electron chi connectivity index (χ2n) is 3.66. The van der Waals surface area contributed by atoms with Gasteiger partial charge in [-0.2, -0.15) is 0 Å². The standard InChI is InChI=1S/C9H17N3O3/c10-7(4-8(11)13)9(14)12-5-6-2-1-3-15-6/h6-7H,1-5,10H2,(H2,11,13)(H,12,14). The van der Waals surface area contributed by atoms with Crippen LogP contribution in [0.2, 0.25) is 0 Å². The topological polar surface area (TPSA) is 107 Å². The molecule has 6 heteroatoms. The van der Waals surface area contributed by atoms with Crippen molar-refractivity contribution in [2.24, 2.45) is 11.5 Å². The number of nitrogens with one attached hydrogen (secondary N) is 1. The monoisotopic (exact) mass is 215 g/mol. The van der Waals surface area contributed by atoms with Crippen molar-refractivity contribution in [3.63, 3.8) is 0 Å². The van der Waals surface area contributed by atoms with Gasteiger partial charge in [0, 0.05) is 13.2 Å². The fourth-order valence-electron chi connectivity index (χ4n) is 1.46. The molecule has 1 heterocycles. The van der Waals surface area contributed by atoms with E-state index in [4.69, 9.17) is 16.2 Å². The lowest BCUT2D eigenvalue weighted by molar-refractivity contribution is -0.126. The zero-order valence-corrected chi connectivity index (χ0v) is 8.57. The van der Waals surface area contributed by atoms with E-state index < -0.39 is 11.9 Å². The molecule has 86 valence electrons. The minimum absolute atomic E-state index is 0.0785. The third kappa shape index (κ3) is 4.26. The Morgan fingerprint density at radius 2 is 2.27 bits per heavy atom. The van der Waals surface area contributed by atoms with Gasteiger partial charge in [-0.15, -0.1) is 0 Å². The van der Waals surface area contributed by atoms with E-state index in [9.17, 15) is 9.59 Å². The van der Waals surface area contributed by atoms with E-state index in [2.05, 4.69) is 5.32 Å². The molecule has 1 fully saturated rings. The molecule has 2 atom stereocenters. The maximum atomic E-state index is 11.3. The van der Waals surface area contributed by atoms with Gasteiger partial charge in [-0.3, -0.25) is 9.59 Å². The summed E-state index contributed by atoms with van der Waals surface area (Å²) in [7, 11) is 0. The van der Waals surface area contributed by atoms with Crippen LogP contribution in [0.4, 0.5) is 0 Å². The van der Waals surface area contributed by atoms with Crippen molar-refractivity contribution in [2.75, 3.05) is 13.2 Å². The van der Waals surface area contributed by atoms with Crippen LogP contribution in [0.3, 0.4) is 0 Å². The van der Waals surface area contributed by atoms with Crippen molar-refractivity contribution < 1.29 is 14.3 Å². The van der Waals surface area contributed by atoms with Crippen LogP contribution in [0.25, 0.3) is 0 Å². The molecule has 0 aromatic heterocycles. The van der Waals surface area contributed by atoms with Crippen molar-refractivity contribution in [3.05, 3.63) is 0 Å². The number of hydrogen-bond acceptors (Lipinski definition) is 4. The molecule has 0 bridgehead atoms. The molecule has 0 aromatic carbocycles. The summed E-state index contributed by atoms with van der Waals surface area (Å²) in [4.78, 5) is 21.8. The van der Waals surface area contributed by atoms with E-state index in [1.54, 1.807) is 0 Å². The summed E-state index contributed by atoms with van der Waals surface area (Å²) in [6, 6.07) is -0.857. The first-order valence-corrected chi connectivity index (χ1v) is 5.03. The fraction of sp³-hybridized carbons (Fsp3) is 0.778. The molecule has 2 unspecified atom stereocenters. The highest BCUT2D eigenvalue weighted by molar-refractivity contribution is 5.87. The van der Waals surface area contributed by atoms with Crippen molar-refractivity contribution in [2.45, 2.75) is 31.4 Å². The summed E-state index contributed by atoms with van der Waals surface area (Å²) in [5.74, 6) is -0.931. The maximum Gasteiger partial charge on any atom is 0.237 e. The molecule has 2 amide bonds. The minimum Gasteiger partial charge on any atom is -0.376 e. The Morgan fingerprint density at radius 3 is 2.80 bits per heavy atom. The Balaban J connectivity index is 2.19. The number of carbonyl (C=O) groups excluding carboxylic acids is 2. The van der Waals surface area contributed by atoms with E-state index in [0.717, 1.165) is 19.4 Å². The highest BCUT2D eigenvalue weighted by Gasteiger charge is 2.19. The first-order chi connectivity index (χ1) is 7.09. The van der Waals surface area contributed by atoms with Crippen LogP contribution in [0.5, 0.6) is 0 Å². The van der Waals surface area contributed by atoms with E-state index in [0.29, 0.717) is 6.54 Å². The zero-order chi connectivity index (χ0) is 11.3. The molecule has 1 aliphatic rings. The number of primary amides is 1. The van der Waals surface area contributed by atoms with Gasteiger partial charge in [0.05, 0.1) is 18.6 Å². The number of nitrogens with two attached hydrogens (primary N) is 2. The molecule has 0 aromatic rings. The van der Waals surface area contributed by atoms with E-state index in [1.165, 1.54) is 0 Å². The van der Waals surface area contributed by atoms with Gasteiger partial charge < -0.3 is 21.5 Å². The predicted octanol–water partition coefficient (Wildman–Crippen LogP) is -1.52. The Labute approximate surface area is 88.3 Å². The predicted molar refractivity (Wildman–Crippen MR) is 53.8 cm³/mol. The largest absolute Gasteiger partial charge is 0.376 e. The van der Waals surface area contributed by atoms with Gasteiger partial charge in [0.25, 0.3) is 0 Å². The molecule has 6 nitrogen and oxygen atoms in total. The van der Waals surface area contributed by atoms with Crippen LogP contribution in [0.15, 0.2) is 0 Å². The van der Waals surface area contributed by atoms with Crippen molar-refractivity contribution in [1.29, 1.82) is 0 Å². The maximum absolute atomic E-state index is 11.3. The second kappa shape index (κ2) is 5.67. The fourth-order valence-corrected chi connectivity index (χ4v) is 1.46. The Kier molecular flexibility index (Phi) is 4.51. The Hall–Kier alpha value is -1.14. The van der Waals surface area contributed by atoms with Gasteiger partial charge in [-0.25, -0.2) is 0 Å². The molecule has 1 aliphatic heterocycles. The summed E-state index contributed by atoms with van der Waals surface area (Å²) in [5, 5.41) is 2.63. The summed E-state index contributed by atoms with van der Waals surface area (Å²) >= 11 is 0. The van der Waals surface area contributed by atoms with Gasteiger partial charge in [-0.05, 0) is 12.8 Å².